The van der Waals surface area contributed by atoms with Crippen LogP contribution < -0.4 is 14.8 Å². The van der Waals surface area contributed by atoms with Gasteiger partial charge in [0.15, 0.2) is 5.69 Å². The molecule has 2 rings (SSSR count). The summed E-state index contributed by atoms with van der Waals surface area (Å²) in [7, 11) is 3.10. The lowest BCUT2D eigenvalue weighted by Gasteiger charge is -2.23. The maximum Gasteiger partial charge on any atom is 0.357 e. The van der Waals surface area contributed by atoms with Crippen molar-refractivity contribution in [1.82, 2.24) is 9.88 Å². The van der Waals surface area contributed by atoms with Crippen LogP contribution in [0.5, 0.6) is 11.5 Å². The molecule has 2 amide bonds. The highest BCUT2D eigenvalue weighted by atomic mass is 32.1. The van der Waals surface area contributed by atoms with Crippen molar-refractivity contribution in [3.8, 4) is 11.5 Å². The van der Waals surface area contributed by atoms with Crippen LogP contribution in [-0.4, -0.2) is 49.3 Å². The maximum absolute atomic E-state index is 13.0. The molecule has 0 spiro atoms. The predicted octanol–water partition coefficient (Wildman–Crippen LogP) is 4.42. The van der Waals surface area contributed by atoms with Gasteiger partial charge in [0, 0.05) is 18.0 Å². The molecule has 0 saturated carbocycles. The number of anilines is 1. The van der Waals surface area contributed by atoms with E-state index in [0.29, 0.717) is 41.2 Å². The number of hydrogen-bond donors (Lipinski definition) is 1. The van der Waals surface area contributed by atoms with Gasteiger partial charge in [-0.05, 0) is 31.4 Å². The lowest BCUT2D eigenvalue weighted by Crippen LogP contribution is -2.35. The molecule has 0 fully saturated rings. The first-order valence-electron chi connectivity index (χ1n) is 9.77. The minimum Gasteiger partial charge on any atom is -0.497 e. The van der Waals surface area contributed by atoms with Crippen molar-refractivity contribution in [3.63, 3.8) is 0 Å². The van der Waals surface area contributed by atoms with Crippen LogP contribution in [0.2, 0.25) is 0 Å². The third kappa shape index (κ3) is 6.62. The van der Waals surface area contributed by atoms with Gasteiger partial charge in [0.05, 0.1) is 33.1 Å². The van der Waals surface area contributed by atoms with E-state index in [9.17, 15) is 9.59 Å². The number of carbonyl (C=O) groups excluding carboxylic acids is 2. The van der Waals surface area contributed by atoms with Gasteiger partial charge in [-0.15, -0.1) is 11.3 Å². The number of aromatic nitrogens is 1. The molecule has 0 unspecified atom stereocenters. The molecule has 9 heteroatoms. The van der Waals surface area contributed by atoms with E-state index >= 15 is 0 Å². The Kier molecular flexibility index (Phi) is 8.91. The number of hydrogen-bond acceptors (Lipinski definition) is 7. The summed E-state index contributed by atoms with van der Waals surface area (Å²) >= 11 is 1.33. The Balaban J connectivity index is 2.16. The van der Waals surface area contributed by atoms with Gasteiger partial charge in [-0.1, -0.05) is 13.8 Å². The van der Waals surface area contributed by atoms with Crippen molar-refractivity contribution in [2.24, 2.45) is 5.92 Å². The van der Waals surface area contributed by atoms with Crippen LogP contribution in [0.4, 0.5) is 10.5 Å². The summed E-state index contributed by atoms with van der Waals surface area (Å²) in [6.45, 7) is 7.09. The standard InChI is InChI=1S/C21H29N3O5S/c1-6-29-20(25)17-13-30-19(22-17)12-24(10-9-14(2)3)21(26)23-16-8-7-15(27-4)11-18(16)28-5/h7-8,11,13-14H,6,9-10,12H2,1-5H3,(H,23,26). The molecule has 1 aromatic carbocycles. The van der Waals surface area contributed by atoms with E-state index < -0.39 is 5.97 Å². The minimum absolute atomic E-state index is 0.262. The zero-order valence-corrected chi connectivity index (χ0v) is 18.9. The molecule has 0 bridgehead atoms. The molecule has 0 aliphatic carbocycles. The second-order valence-electron chi connectivity index (χ2n) is 6.95. The Morgan fingerprint density at radius 1 is 1.23 bits per heavy atom. The fourth-order valence-electron chi connectivity index (χ4n) is 2.61. The molecular formula is C21H29N3O5S. The molecule has 0 aliphatic rings. The van der Waals surface area contributed by atoms with Crippen LogP contribution in [0.25, 0.3) is 0 Å². The van der Waals surface area contributed by atoms with E-state index in [2.05, 4.69) is 24.1 Å². The number of methoxy groups -OCH3 is 2. The Labute approximate surface area is 181 Å². The van der Waals surface area contributed by atoms with Crippen LogP contribution >= 0.6 is 11.3 Å². The number of ether oxygens (including phenoxy) is 3. The molecule has 0 saturated heterocycles. The minimum atomic E-state index is -0.457. The normalized spacial score (nSPS) is 10.6. The molecule has 30 heavy (non-hydrogen) atoms. The quantitative estimate of drug-likeness (QED) is 0.556. The highest BCUT2D eigenvalue weighted by molar-refractivity contribution is 7.09. The van der Waals surface area contributed by atoms with Crippen LogP contribution in [0, 0.1) is 5.92 Å². The smallest absolute Gasteiger partial charge is 0.357 e. The molecule has 1 N–H and O–H groups in total. The van der Waals surface area contributed by atoms with E-state index in [1.54, 1.807) is 42.5 Å². The lowest BCUT2D eigenvalue weighted by molar-refractivity contribution is 0.0520. The largest absolute Gasteiger partial charge is 0.497 e. The maximum atomic E-state index is 13.0. The number of rotatable bonds is 10. The zero-order chi connectivity index (χ0) is 22.1. The van der Waals surface area contributed by atoms with Gasteiger partial charge in [0.25, 0.3) is 0 Å². The fourth-order valence-corrected chi connectivity index (χ4v) is 3.39. The average molecular weight is 436 g/mol. The topological polar surface area (TPSA) is 90.0 Å². The Hall–Kier alpha value is -2.81. The van der Waals surface area contributed by atoms with Crippen LogP contribution in [0.1, 0.15) is 42.7 Å². The Morgan fingerprint density at radius 2 is 2.00 bits per heavy atom. The molecular weight excluding hydrogens is 406 g/mol. The number of nitrogens with one attached hydrogen (secondary N) is 1. The fraction of sp³-hybridized carbons (Fsp3) is 0.476. The number of benzene rings is 1. The van der Waals surface area contributed by atoms with Gasteiger partial charge in [-0.3, -0.25) is 0 Å². The summed E-state index contributed by atoms with van der Waals surface area (Å²) in [5.74, 6) is 1.12. The monoisotopic (exact) mass is 435 g/mol. The van der Waals surface area contributed by atoms with Gasteiger partial charge >= 0.3 is 12.0 Å². The molecule has 8 nitrogen and oxygen atoms in total. The van der Waals surface area contributed by atoms with E-state index in [0.717, 1.165) is 6.42 Å². The molecule has 164 valence electrons. The second-order valence-corrected chi connectivity index (χ2v) is 7.89. The van der Waals surface area contributed by atoms with E-state index in [1.165, 1.54) is 18.4 Å². The summed E-state index contributed by atoms with van der Waals surface area (Å²) in [5.41, 5.74) is 0.807. The van der Waals surface area contributed by atoms with E-state index in [4.69, 9.17) is 14.2 Å². The molecule has 0 radical (unpaired) electrons. The predicted molar refractivity (Wildman–Crippen MR) is 117 cm³/mol. The van der Waals surface area contributed by atoms with Crippen LogP contribution in [0.3, 0.4) is 0 Å². The SMILES string of the molecule is CCOC(=O)c1csc(CN(CCC(C)C)C(=O)Nc2ccc(OC)cc2OC)n1. The van der Waals surface area contributed by atoms with Crippen LogP contribution in [0.15, 0.2) is 23.6 Å². The second kappa shape index (κ2) is 11.4. The average Bonchev–Trinajstić information content (AvgIpc) is 3.20. The van der Waals surface area contributed by atoms with Gasteiger partial charge < -0.3 is 24.4 Å². The first-order chi connectivity index (χ1) is 14.4. The van der Waals surface area contributed by atoms with Crippen LogP contribution in [-0.2, 0) is 11.3 Å². The zero-order valence-electron chi connectivity index (χ0n) is 18.1. The van der Waals surface area contributed by atoms with Crippen molar-refractivity contribution < 1.29 is 23.8 Å². The Morgan fingerprint density at radius 3 is 2.63 bits per heavy atom. The summed E-state index contributed by atoms with van der Waals surface area (Å²) < 4.78 is 15.5. The van der Waals surface area contributed by atoms with E-state index in [1.807, 2.05) is 0 Å². The van der Waals surface area contributed by atoms with Crippen molar-refractivity contribution in [2.45, 2.75) is 33.7 Å². The van der Waals surface area contributed by atoms with Gasteiger partial charge in [-0.25, -0.2) is 14.6 Å². The number of esters is 1. The Bertz CT molecular complexity index is 853. The highest BCUT2D eigenvalue weighted by Gasteiger charge is 2.20. The summed E-state index contributed by atoms with van der Waals surface area (Å²) in [4.78, 5) is 30.9. The lowest BCUT2D eigenvalue weighted by atomic mass is 10.1. The molecule has 0 aliphatic heterocycles. The number of carbonyl (C=O) groups is 2. The molecule has 1 heterocycles. The van der Waals surface area contributed by atoms with Gasteiger partial charge in [-0.2, -0.15) is 0 Å². The summed E-state index contributed by atoms with van der Waals surface area (Å²) in [5, 5.41) is 5.21. The number of nitrogens with zero attached hydrogens (tertiary/aromatic N) is 2. The summed E-state index contributed by atoms with van der Waals surface area (Å²) in [6.07, 6.45) is 0.837. The highest BCUT2D eigenvalue weighted by Crippen LogP contribution is 2.29. The van der Waals surface area contributed by atoms with Gasteiger partial charge in [0.1, 0.15) is 16.5 Å². The number of amides is 2. The van der Waals surface area contributed by atoms with E-state index in [-0.39, 0.29) is 18.3 Å². The van der Waals surface area contributed by atoms with Crippen molar-refractivity contribution in [3.05, 3.63) is 34.3 Å². The summed E-state index contributed by atoms with van der Waals surface area (Å²) in [6, 6.07) is 4.93. The van der Waals surface area contributed by atoms with Crippen molar-refractivity contribution >= 4 is 29.0 Å². The third-order valence-electron chi connectivity index (χ3n) is 4.28. The van der Waals surface area contributed by atoms with Crippen molar-refractivity contribution in [2.75, 3.05) is 32.7 Å². The number of thiazole rings is 1. The van der Waals surface area contributed by atoms with Gasteiger partial charge in [0.2, 0.25) is 0 Å². The third-order valence-corrected chi connectivity index (χ3v) is 5.11. The van der Waals surface area contributed by atoms with Crippen molar-refractivity contribution in [1.29, 1.82) is 0 Å². The first-order valence-corrected chi connectivity index (χ1v) is 10.6. The molecule has 0 atom stereocenters. The number of urea groups is 1. The first kappa shape index (κ1) is 23.5. The molecule has 1 aromatic heterocycles. The molecule has 2 aromatic rings.